The molecule has 0 fully saturated rings. The molecule has 8 nitrogen and oxygen atoms in total. The van der Waals surface area contributed by atoms with Crippen molar-refractivity contribution in [2.45, 2.75) is 43.4 Å². The highest BCUT2D eigenvalue weighted by molar-refractivity contribution is 7.91. The smallest absolute Gasteiger partial charge is 0.306 e. The average Bonchev–Trinajstić information content (AvgIpc) is 3.08. The topological polar surface area (TPSA) is 103 Å². The number of nitrogens with one attached hydrogen (secondary N) is 1. The standard InChI is InChI=1S/C20H24N4O4S/c1-5-28-17(25)12-11-16-13(2)22-20-18(19(21-4)23-24(20)14(16)3)29(26,27)15-9-7-6-8-10-15/h6-10H,5,11-12H2,1-4H3,(H,21,23). The summed E-state index contributed by atoms with van der Waals surface area (Å²) < 4.78 is 33.1. The normalized spacial score (nSPS) is 11.6. The number of aryl methyl sites for hydroxylation is 2. The molecule has 0 aliphatic heterocycles. The number of hydrogen-bond donors (Lipinski definition) is 1. The van der Waals surface area contributed by atoms with Crippen LogP contribution in [0.2, 0.25) is 0 Å². The molecule has 154 valence electrons. The highest BCUT2D eigenvalue weighted by atomic mass is 32.2. The number of benzene rings is 1. The van der Waals surface area contributed by atoms with Gasteiger partial charge in [0.05, 0.1) is 11.5 Å². The van der Waals surface area contributed by atoms with Crippen LogP contribution in [0.1, 0.15) is 30.3 Å². The van der Waals surface area contributed by atoms with E-state index in [9.17, 15) is 13.2 Å². The van der Waals surface area contributed by atoms with Crippen LogP contribution in [-0.4, -0.2) is 42.6 Å². The van der Waals surface area contributed by atoms with Gasteiger partial charge in [0.1, 0.15) is 0 Å². The van der Waals surface area contributed by atoms with Gasteiger partial charge in [0, 0.05) is 24.9 Å². The molecule has 0 aliphatic rings. The molecule has 0 bridgehead atoms. The number of rotatable bonds is 7. The summed E-state index contributed by atoms with van der Waals surface area (Å²) in [5.41, 5.74) is 2.50. The van der Waals surface area contributed by atoms with E-state index in [0.717, 1.165) is 11.3 Å². The summed E-state index contributed by atoms with van der Waals surface area (Å²) >= 11 is 0. The number of ether oxygens (including phenoxy) is 1. The van der Waals surface area contributed by atoms with Crippen molar-refractivity contribution in [2.24, 2.45) is 0 Å². The van der Waals surface area contributed by atoms with Crippen molar-refractivity contribution in [1.29, 1.82) is 0 Å². The Kier molecular flexibility index (Phi) is 5.88. The predicted octanol–water partition coefficient (Wildman–Crippen LogP) is 2.72. The predicted molar refractivity (Wildman–Crippen MR) is 109 cm³/mol. The minimum absolute atomic E-state index is 0.0364. The largest absolute Gasteiger partial charge is 0.466 e. The van der Waals surface area contributed by atoms with Crippen molar-refractivity contribution in [3.05, 3.63) is 47.3 Å². The quantitative estimate of drug-likeness (QED) is 0.591. The molecule has 1 N–H and O–H groups in total. The number of nitrogens with zero attached hydrogens (tertiary/aromatic N) is 3. The summed E-state index contributed by atoms with van der Waals surface area (Å²) in [7, 11) is -2.21. The minimum Gasteiger partial charge on any atom is -0.466 e. The van der Waals surface area contributed by atoms with Gasteiger partial charge in [0.2, 0.25) is 9.84 Å². The first-order chi connectivity index (χ1) is 13.8. The van der Waals surface area contributed by atoms with Gasteiger partial charge < -0.3 is 10.1 Å². The third kappa shape index (κ3) is 3.82. The van der Waals surface area contributed by atoms with E-state index in [4.69, 9.17) is 4.74 Å². The van der Waals surface area contributed by atoms with Crippen molar-refractivity contribution in [3.63, 3.8) is 0 Å². The number of aromatic nitrogens is 3. The number of sulfone groups is 1. The molecule has 0 unspecified atom stereocenters. The third-order valence-corrected chi connectivity index (χ3v) is 6.53. The van der Waals surface area contributed by atoms with Gasteiger partial charge in [-0.2, -0.15) is 0 Å². The summed E-state index contributed by atoms with van der Waals surface area (Å²) in [6.07, 6.45) is 0.660. The fourth-order valence-corrected chi connectivity index (χ4v) is 4.81. The molecule has 3 rings (SSSR count). The Labute approximate surface area is 169 Å². The third-order valence-electron chi connectivity index (χ3n) is 4.73. The number of anilines is 1. The van der Waals surface area contributed by atoms with Crippen LogP contribution in [0.4, 0.5) is 5.82 Å². The molecule has 0 saturated heterocycles. The Morgan fingerprint density at radius 2 is 1.90 bits per heavy atom. The van der Waals surface area contributed by atoms with Crippen molar-refractivity contribution >= 4 is 27.3 Å². The van der Waals surface area contributed by atoms with Crippen LogP contribution in [0.25, 0.3) is 5.65 Å². The highest BCUT2D eigenvalue weighted by Gasteiger charge is 2.29. The van der Waals surface area contributed by atoms with Gasteiger partial charge in [-0.1, -0.05) is 18.2 Å². The maximum absolute atomic E-state index is 13.3. The first-order valence-electron chi connectivity index (χ1n) is 9.33. The molecule has 0 amide bonds. The van der Waals surface area contributed by atoms with Crippen LogP contribution in [0.15, 0.2) is 40.1 Å². The van der Waals surface area contributed by atoms with Gasteiger partial charge >= 0.3 is 5.97 Å². The summed E-state index contributed by atoms with van der Waals surface area (Å²) in [6, 6.07) is 8.21. The van der Waals surface area contributed by atoms with Gasteiger partial charge in [-0.25, -0.2) is 17.9 Å². The van der Waals surface area contributed by atoms with Crippen LogP contribution in [0, 0.1) is 13.8 Å². The fraction of sp³-hybridized carbons (Fsp3) is 0.350. The van der Waals surface area contributed by atoms with Crippen molar-refractivity contribution in [2.75, 3.05) is 19.0 Å². The number of hydrogen-bond acceptors (Lipinski definition) is 7. The van der Waals surface area contributed by atoms with Gasteiger partial charge in [0.15, 0.2) is 16.4 Å². The Bertz CT molecular complexity index is 1150. The monoisotopic (exact) mass is 416 g/mol. The van der Waals surface area contributed by atoms with Crippen LogP contribution in [0.5, 0.6) is 0 Å². The summed E-state index contributed by atoms with van der Waals surface area (Å²) in [5, 5.41) is 7.30. The molecule has 0 atom stereocenters. The maximum Gasteiger partial charge on any atom is 0.306 e. The number of carbonyl (C=O) groups is 1. The van der Waals surface area contributed by atoms with E-state index in [-0.39, 0.29) is 33.6 Å². The van der Waals surface area contributed by atoms with E-state index < -0.39 is 9.84 Å². The van der Waals surface area contributed by atoms with Gasteiger partial charge in [-0.05, 0) is 44.9 Å². The van der Waals surface area contributed by atoms with E-state index in [1.807, 2.05) is 6.92 Å². The van der Waals surface area contributed by atoms with E-state index in [1.165, 1.54) is 4.52 Å². The molecule has 0 spiro atoms. The molecular formula is C20H24N4O4S. The maximum atomic E-state index is 13.3. The molecule has 0 radical (unpaired) electrons. The van der Waals surface area contributed by atoms with E-state index >= 15 is 0 Å². The SMILES string of the molecule is CCOC(=O)CCc1c(C)nc2c(S(=O)(=O)c3ccccc3)c(NC)nn2c1C. The zero-order valence-corrected chi connectivity index (χ0v) is 17.7. The lowest BCUT2D eigenvalue weighted by Crippen LogP contribution is -2.11. The van der Waals surface area contributed by atoms with Crippen molar-refractivity contribution in [3.8, 4) is 0 Å². The summed E-state index contributed by atoms with van der Waals surface area (Å²) in [4.78, 5) is 16.5. The number of fused-ring (bicyclic) bond motifs is 1. The zero-order valence-electron chi connectivity index (χ0n) is 16.9. The molecule has 9 heteroatoms. The Morgan fingerprint density at radius 3 is 2.52 bits per heavy atom. The van der Waals surface area contributed by atoms with Crippen LogP contribution < -0.4 is 5.32 Å². The second kappa shape index (κ2) is 8.20. The average molecular weight is 417 g/mol. The highest BCUT2D eigenvalue weighted by Crippen LogP contribution is 2.32. The molecular weight excluding hydrogens is 392 g/mol. The summed E-state index contributed by atoms with van der Waals surface area (Å²) in [6.45, 7) is 5.74. The van der Waals surface area contributed by atoms with Crippen LogP contribution >= 0.6 is 0 Å². The van der Waals surface area contributed by atoms with Crippen molar-refractivity contribution in [1.82, 2.24) is 14.6 Å². The van der Waals surface area contributed by atoms with Crippen LogP contribution in [0.3, 0.4) is 0 Å². The molecule has 2 aromatic heterocycles. The lowest BCUT2D eigenvalue weighted by Gasteiger charge is -2.11. The van der Waals surface area contributed by atoms with E-state index in [1.54, 1.807) is 51.2 Å². The summed E-state index contributed by atoms with van der Waals surface area (Å²) in [5.74, 6) is -0.0542. The Hall–Kier alpha value is -2.94. The number of esters is 1. The lowest BCUT2D eigenvalue weighted by molar-refractivity contribution is -0.143. The Balaban J connectivity index is 2.15. The molecule has 2 heterocycles. The number of carbonyl (C=O) groups excluding carboxylic acids is 1. The first-order valence-corrected chi connectivity index (χ1v) is 10.8. The molecule has 0 aliphatic carbocycles. The van der Waals surface area contributed by atoms with Crippen molar-refractivity contribution < 1.29 is 17.9 Å². The van der Waals surface area contributed by atoms with E-state index in [0.29, 0.717) is 18.7 Å². The molecule has 1 aromatic carbocycles. The van der Waals surface area contributed by atoms with E-state index in [2.05, 4.69) is 15.4 Å². The van der Waals surface area contributed by atoms with Gasteiger partial charge in [-0.15, -0.1) is 5.10 Å². The van der Waals surface area contributed by atoms with Gasteiger partial charge in [-0.3, -0.25) is 4.79 Å². The first kappa shape index (κ1) is 20.8. The zero-order chi connectivity index (χ0) is 21.2. The van der Waals surface area contributed by atoms with Crippen LogP contribution in [-0.2, 0) is 25.8 Å². The second-order valence-electron chi connectivity index (χ2n) is 6.55. The molecule has 0 saturated carbocycles. The molecule has 29 heavy (non-hydrogen) atoms. The lowest BCUT2D eigenvalue weighted by atomic mass is 10.1. The van der Waals surface area contributed by atoms with Gasteiger partial charge in [0.25, 0.3) is 0 Å². The molecule has 3 aromatic rings. The fourth-order valence-electron chi connectivity index (χ4n) is 3.29. The minimum atomic E-state index is -3.83. The second-order valence-corrected chi connectivity index (χ2v) is 8.43. The Morgan fingerprint density at radius 1 is 1.21 bits per heavy atom.